The van der Waals surface area contributed by atoms with E-state index < -0.39 is 0 Å². The van der Waals surface area contributed by atoms with Gasteiger partial charge in [0.1, 0.15) is 6.29 Å². The number of ether oxygens (including phenoxy) is 4. The Kier molecular flexibility index (Phi) is 15.2. The first-order valence-corrected chi connectivity index (χ1v) is 7.02. The topological polar surface area (TPSA) is 54.0 Å². The van der Waals surface area contributed by atoms with E-state index >= 15 is 0 Å². The highest BCUT2D eigenvalue weighted by Gasteiger charge is 1.94. The van der Waals surface area contributed by atoms with Crippen LogP contribution in [0.1, 0.15) is 26.7 Å². The summed E-state index contributed by atoms with van der Waals surface area (Å²) in [5, 5.41) is 0. The van der Waals surface area contributed by atoms with Crippen molar-refractivity contribution in [3.8, 4) is 0 Å². The average molecular weight is 276 g/mol. The second-order valence-electron chi connectivity index (χ2n) is 4.59. The lowest BCUT2D eigenvalue weighted by atomic mass is 10.1. The van der Waals surface area contributed by atoms with E-state index in [-0.39, 0.29) is 0 Å². The molecule has 0 saturated carbocycles. The molecular formula is C14H28O5. The molecule has 0 aliphatic carbocycles. The predicted octanol–water partition coefficient (Wildman–Crippen LogP) is 1.69. The molecule has 0 amide bonds. The number of carbonyl (C=O) groups excluding carboxylic acids is 1. The van der Waals surface area contributed by atoms with Gasteiger partial charge in [-0.25, -0.2) is 0 Å². The molecule has 0 saturated heterocycles. The van der Waals surface area contributed by atoms with Gasteiger partial charge in [-0.1, -0.05) is 13.8 Å². The van der Waals surface area contributed by atoms with Crippen molar-refractivity contribution in [2.75, 3.05) is 52.9 Å². The Morgan fingerprint density at radius 2 is 1.16 bits per heavy atom. The van der Waals surface area contributed by atoms with Crippen LogP contribution in [0.5, 0.6) is 0 Å². The van der Waals surface area contributed by atoms with E-state index in [1.54, 1.807) is 0 Å². The fourth-order valence-electron chi connectivity index (χ4n) is 1.21. The lowest BCUT2D eigenvalue weighted by Crippen LogP contribution is -2.12. The molecule has 0 unspecified atom stereocenters. The van der Waals surface area contributed by atoms with Crippen LogP contribution in [0.25, 0.3) is 0 Å². The van der Waals surface area contributed by atoms with Crippen LogP contribution in [-0.2, 0) is 23.7 Å². The van der Waals surface area contributed by atoms with Crippen molar-refractivity contribution in [1.82, 2.24) is 0 Å². The summed E-state index contributed by atoms with van der Waals surface area (Å²) in [4.78, 5) is 10.0. The summed E-state index contributed by atoms with van der Waals surface area (Å²) in [5.41, 5.74) is 0. The van der Waals surface area contributed by atoms with Crippen molar-refractivity contribution in [3.63, 3.8) is 0 Å². The molecule has 0 aliphatic rings. The third kappa shape index (κ3) is 17.5. The first-order valence-electron chi connectivity index (χ1n) is 7.02. The lowest BCUT2D eigenvalue weighted by Gasteiger charge is -2.08. The molecule has 0 aromatic carbocycles. The van der Waals surface area contributed by atoms with Crippen LogP contribution in [0, 0.1) is 5.92 Å². The van der Waals surface area contributed by atoms with E-state index in [9.17, 15) is 4.79 Å². The molecule has 0 N–H and O–H groups in total. The summed E-state index contributed by atoms with van der Waals surface area (Å²) in [6.07, 6.45) is 2.38. The number of hydrogen-bond acceptors (Lipinski definition) is 5. The molecule has 19 heavy (non-hydrogen) atoms. The van der Waals surface area contributed by atoms with Crippen molar-refractivity contribution < 1.29 is 23.7 Å². The zero-order chi connectivity index (χ0) is 14.2. The van der Waals surface area contributed by atoms with Gasteiger partial charge in [-0.3, -0.25) is 0 Å². The molecule has 0 fully saturated rings. The second kappa shape index (κ2) is 15.6. The molecule has 0 heterocycles. The predicted molar refractivity (Wildman–Crippen MR) is 73.4 cm³/mol. The lowest BCUT2D eigenvalue weighted by molar-refractivity contribution is -0.108. The molecule has 0 rings (SSSR count). The third-order valence-corrected chi connectivity index (χ3v) is 2.34. The van der Waals surface area contributed by atoms with Crippen LogP contribution in [0.2, 0.25) is 0 Å². The largest absolute Gasteiger partial charge is 0.379 e. The van der Waals surface area contributed by atoms with Gasteiger partial charge < -0.3 is 23.7 Å². The Balaban J connectivity index is 2.93. The second-order valence-corrected chi connectivity index (χ2v) is 4.59. The van der Waals surface area contributed by atoms with E-state index in [1.165, 1.54) is 0 Å². The van der Waals surface area contributed by atoms with Crippen LogP contribution < -0.4 is 0 Å². The Labute approximate surface area is 116 Å². The van der Waals surface area contributed by atoms with Gasteiger partial charge in [-0.2, -0.15) is 0 Å². The molecular weight excluding hydrogens is 248 g/mol. The summed E-state index contributed by atoms with van der Waals surface area (Å²) in [6, 6.07) is 0. The Morgan fingerprint density at radius 3 is 1.58 bits per heavy atom. The summed E-state index contributed by atoms with van der Waals surface area (Å²) in [5.74, 6) is 0.683. The van der Waals surface area contributed by atoms with Gasteiger partial charge >= 0.3 is 0 Å². The van der Waals surface area contributed by atoms with E-state index in [0.717, 1.165) is 19.3 Å². The van der Waals surface area contributed by atoms with Crippen LogP contribution in [0.15, 0.2) is 0 Å². The highest BCUT2D eigenvalue weighted by atomic mass is 16.6. The van der Waals surface area contributed by atoms with Gasteiger partial charge in [0.25, 0.3) is 0 Å². The van der Waals surface area contributed by atoms with E-state index in [1.807, 2.05) is 0 Å². The molecule has 0 spiro atoms. The van der Waals surface area contributed by atoms with Crippen molar-refractivity contribution >= 4 is 6.29 Å². The minimum absolute atomic E-state index is 0.444. The summed E-state index contributed by atoms with van der Waals surface area (Å²) in [6.45, 7) is 9.06. The molecule has 5 nitrogen and oxygen atoms in total. The maximum absolute atomic E-state index is 10.0. The van der Waals surface area contributed by atoms with E-state index in [2.05, 4.69) is 13.8 Å². The van der Waals surface area contributed by atoms with Gasteiger partial charge in [-0.15, -0.1) is 0 Å². The van der Waals surface area contributed by atoms with Crippen molar-refractivity contribution in [1.29, 1.82) is 0 Å². The number of hydrogen-bond donors (Lipinski definition) is 0. The molecule has 114 valence electrons. The van der Waals surface area contributed by atoms with Gasteiger partial charge in [0.15, 0.2) is 0 Å². The van der Waals surface area contributed by atoms with Crippen LogP contribution in [0.4, 0.5) is 0 Å². The maximum atomic E-state index is 10.0. The van der Waals surface area contributed by atoms with Gasteiger partial charge in [-0.05, 0) is 12.3 Å². The first kappa shape index (κ1) is 18.5. The molecule has 0 atom stereocenters. The average Bonchev–Trinajstić information content (AvgIpc) is 2.39. The molecule has 5 heteroatoms. The zero-order valence-electron chi connectivity index (χ0n) is 12.3. The maximum Gasteiger partial charge on any atom is 0.122 e. The van der Waals surface area contributed by atoms with Gasteiger partial charge in [0.2, 0.25) is 0 Å². The Bertz CT molecular complexity index is 185. The normalized spacial score (nSPS) is 11.1. The van der Waals surface area contributed by atoms with Gasteiger partial charge in [0.05, 0.1) is 46.2 Å². The first-order chi connectivity index (χ1) is 9.27. The quantitative estimate of drug-likeness (QED) is 0.336. The molecule has 0 radical (unpaired) electrons. The molecule has 0 bridgehead atoms. The SMILES string of the molecule is CC(C)CCOCCOCCOCCOCCC=O. The standard InChI is InChI=1S/C14H28O5/c1-14(2)4-7-17-9-11-19-13-12-18-10-8-16-6-3-5-15/h5,14H,3-4,6-13H2,1-2H3. The molecule has 0 aliphatic heterocycles. The summed E-state index contributed by atoms with van der Waals surface area (Å²) < 4.78 is 21.2. The Hall–Kier alpha value is -0.490. The smallest absolute Gasteiger partial charge is 0.122 e. The van der Waals surface area contributed by atoms with Crippen LogP contribution >= 0.6 is 0 Å². The van der Waals surface area contributed by atoms with Crippen LogP contribution in [0.3, 0.4) is 0 Å². The summed E-state index contributed by atoms with van der Waals surface area (Å²) in [7, 11) is 0. The third-order valence-electron chi connectivity index (χ3n) is 2.34. The van der Waals surface area contributed by atoms with Crippen molar-refractivity contribution in [2.45, 2.75) is 26.7 Å². The molecule has 0 aromatic heterocycles. The van der Waals surface area contributed by atoms with Crippen molar-refractivity contribution in [2.24, 2.45) is 5.92 Å². The fraction of sp³-hybridized carbons (Fsp3) is 0.929. The Morgan fingerprint density at radius 1 is 0.737 bits per heavy atom. The molecule has 0 aromatic rings. The fourth-order valence-corrected chi connectivity index (χ4v) is 1.21. The van der Waals surface area contributed by atoms with Crippen molar-refractivity contribution in [3.05, 3.63) is 0 Å². The summed E-state index contributed by atoms with van der Waals surface area (Å²) >= 11 is 0. The number of rotatable bonds is 15. The van der Waals surface area contributed by atoms with Gasteiger partial charge in [0, 0.05) is 13.0 Å². The minimum atomic E-state index is 0.444. The van der Waals surface area contributed by atoms with E-state index in [4.69, 9.17) is 18.9 Å². The highest BCUT2D eigenvalue weighted by Crippen LogP contribution is 1.98. The minimum Gasteiger partial charge on any atom is -0.379 e. The van der Waals surface area contributed by atoms with E-state index in [0.29, 0.717) is 58.6 Å². The number of carbonyl (C=O) groups is 1. The van der Waals surface area contributed by atoms with Crippen LogP contribution in [-0.4, -0.2) is 59.1 Å². The number of aldehydes is 1. The highest BCUT2D eigenvalue weighted by molar-refractivity contribution is 5.49. The monoisotopic (exact) mass is 276 g/mol. The zero-order valence-corrected chi connectivity index (χ0v) is 12.3.